The van der Waals surface area contributed by atoms with Crippen LogP contribution < -0.4 is 0 Å². The van der Waals surface area contributed by atoms with Crippen LogP contribution in [0.25, 0.3) is 0 Å². The van der Waals surface area contributed by atoms with E-state index < -0.39 is 30.2 Å². The lowest BCUT2D eigenvalue weighted by Gasteiger charge is -2.37. The SMILES string of the molecule is CC(O[Si](C)(C)C(C)(C)C)OS(=O)(=O)C(F)(F)F. The van der Waals surface area contributed by atoms with Crippen LogP contribution in [0.5, 0.6) is 0 Å². The van der Waals surface area contributed by atoms with Crippen LogP contribution in [0.4, 0.5) is 13.2 Å². The fourth-order valence-electron chi connectivity index (χ4n) is 0.844. The van der Waals surface area contributed by atoms with Crippen molar-refractivity contribution in [3.63, 3.8) is 0 Å². The molecule has 4 nitrogen and oxygen atoms in total. The number of rotatable bonds is 4. The Balaban J connectivity index is 4.80. The predicted octanol–water partition coefficient (Wildman–Crippen LogP) is 3.22. The summed E-state index contributed by atoms with van der Waals surface area (Å²) in [7, 11) is -8.00. The second kappa shape index (κ2) is 5.10. The minimum atomic E-state index is -5.62. The van der Waals surface area contributed by atoms with Gasteiger partial charge in [-0.05, 0) is 25.1 Å². The molecule has 0 heterocycles. The van der Waals surface area contributed by atoms with Gasteiger partial charge < -0.3 is 4.43 Å². The van der Waals surface area contributed by atoms with Crippen LogP contribution in [0.1, 0.15) is 27.7 Å². The van der Waals surface area contributed by atoms with Gasteiger partial charge >= 0.3 is 15.6 Å². The number of hydrogen-bond donors (Lipinski definition) is 0. The van der Waals surface area contributed by atoms with Gasteiger partial charge in [-0.1, -0.05) is 20.8 Å². The highest BCUT2D eigenvalue weighted by atomic mass is 32.2. The van der Waals surface area contributed by atoms with E-state index in [1.54, 1.807) is 13.1 Å². The van der Waals surface area contributed by atoms with E-state index in [4.69, 9.17) is 4.43 Å². The van der Waals surface area contributed by atoms with Crippen LogP contribution in [0.15, 0.2) is 0 Å². The maximum absolute atomic E-state index is 12.1. The van der Waals surface area contributed by atoms with Crippen molar-refractivity contribution in [2.75, 3.05) is 0 Å². The van der Waals surface area contributed by atoms with E-state index >= 15 is 0 Å². The molecular weight excluding hydrogens is 289 g/mol. The van der Waals surface area contributed by atoms with E-state index in [0.717, 1.165) is 6.92 Å². The van der Waals surface area contributed by atoms with Crippen molar-refractivity contribution in [2.45, 2.75) is 57.6 Å². The summed E-state index contributed by atoms with van der Waals surface area (Å²) in [4.78, 5) is 0. The molecule has 0 radical (unpaired) electrons. The lowest BCUT2D eigenvalue weighted by molar-refractivity contribution is -0.0711. The number of alkyl halides is 3. The summed E-state index contributed by atoms with van der Waals surface area (Å²) in [5.41, 5.74) is -5.43. The van der Waals surface area contributed by atoms with Gasteiger partial charge in [-0.2, -0.15) is 21.6 Å². The summed E-state index contributed by atoms with van der Waals surface area (Å²) in [6, 6.07) is 0. The zero-order chi connectivity index (χ0) is 15.0. The molecule has 0 saturated heterocycles. The van der Waals surface area contributed by atoms with E-state index in [0.29, 0.717) is 0 Å². The van der Waals surface area contributed by atoms with Gasteiger partial charge in [0.05, 0.1) is 0 Å². The highest BCUT2D eigenvalue weighted by Crippen LogP contribution is 2.38. The molecule has 0 saturated carbocycles. The van der Waals surface area contributed by atoms with Crippen molar-refractivity contribution in [1.82, 2.24) is 0 Å². The Morgan fingerprint density at radius 2 is 1.50 bits per heavy atom. The summed E-state index contributed by atoms with van der Waals surface area (Å²) in [5.74, 6) is 0. The Kier molecular flexibility index (Phi) is 5.07. The first-order chi connectivity index (χ1) is 7.60. The molecule has 0 aromatic carbocycles. The molecule has 0 amide bonds. The monoisotopic (exact) mass is 308 g/mol. The predicted molar refractivity (Wildman–Crippen MR) is 63.8 cm³/mol. The Labute approximate surface area is 107 Å². The molecule has 0 fully saturated rings. The van der Waals surface area contributed by atoms with Crippen LogP contribution >= 0.6 is 0 Å². The van der Waals surface area contributed by atoms with Crippen molar-refractivity contribution >= 4 is 18.4 Å². The summed E-state index contributed by atoms with van der Waals surface area (Å²) >= 11 is 0. The zero-order valence-electron chi connectivity index (χ0n) is 11.3. The Bertz CT molecular complexity index is 384. The molecule has 1 atom stereocenters. The van der Waals surface area contributed by atoms with Gasteiger partial charge in [-0.3, -0.25) is 0 Å². The molecule has 0 spiro atoms. The van der Waals surface area contributed by atoms with Gasteiger partial charge in [-0.15, -0.1) is 0 Å². The largest absolute Gasteiger partial charge is 0.523 e. The Morgan fingerprint density at radius 3 is 1.78 bits per heavy atom. The van der Waals surface area contributed by atoms with E-state index in [-0.39, 0.29) is 5.04 Å². The molecule has 1 unspecified atom stereocenters. The average molecular weight is 308 g/mol. The molecular formula is C9H19F3O4SSi. The van der Waals surface area contributed by atoms with Crippen LogP contribution in [0, 0.1) is 0 Å². The third-order valence-electron chi connectivity index (χ3n) is 2.81. The molecule has 0 aliphatic heterocycles. The minimum Gasteiger partial charge on any atom is -0.392 e. The van der Waals surface area contributed by atoms with Crippen molar-refractivity contribution in [3.8, 4) is 0 Å². The quantitative estimate of drug-likeness (QED) is 0.346. The summed E-state index contributed by atoms with van der Waals surface area (Å²) < 4.78 is 67.2. The van der Waals surface area contributed by atoms with Gasteiger partial charge in [0.2, 0.25) is 0 Å². The zero-order valence-corrected chi connectivity index (χ0v) is 13.1. The topological polar surface area (TPSA) is 52.6 Å². The van der Waals surface area contributed by atoms with Gasteiger partial charge in [0.1, 0.15) is 0 Å². The molecule has 0 rings (SSSR count). The Hall–Kier alpha value is -0.123. The summed E-state index contributed by atoms with van der Waals surface area (Å²) in [5, 5.41) is -0.257. The maximum atomic E-state index is 12.1. The second-order valence-electron chi connectivity index (χ2n) is 5.44. The van der Waals surface area contributed by atoms with Crippen LogP contribution in [0.2, 0.25) is 18.1 Å². The average Bonchev–Trinajstić information content (AvgIpc) is 1.95. The highest BCUT2D eigenvalue weighted by Gasteiger charge is 2.49. The lowest BCUT2D eigenvalue weighted by Crippen LogP contribution is -2.45. The molecule has 0 bridgehead atoms. The van der Waals surface area contributed by atoms with E-state index in [1.807, 2.05) is 20.8 Å². The van der Waals surface area contributed by atoms with E-state index in [2.05, 4.69) is 4.18 Å². The minimum absolute atomic E-state index is 0.257. The molecule has 0 aromatic rings. The lowest BCUT2D eigenvalue weighted by atomic mass is 10.2. The smallest absolute Gasteiger partial charge is 0.392 e. The van der Waals surface area contributed by atoms with Gasteiger partial charge in [-0.25, -0.2) is 4.18 Å². The van der Waals surface area contributed by atoms with Gasteiger partial charge in [0.25, 0.3) is 0 Å². The standard InChI is InChI=1S/C9H19F3O4SSi/c1-7(15-17(13,14)9(10,11)12)16-18(5,6)8(2,3)4/h7H,1-6H3. The molecule has 0 N–H and O–H groups in total. The molecule has 0 aliphatic carbocycles. The maximum Gasteiger partial charge on any atom is 0.523 e. The van der Waals surface area contributed by atoms with Gasteiger partial charge in [0.15, 0.2) is 14.6 Å². The molecule has 0 aromatic heterocycles. The molecule has 9 heteroatoms. The van der Waals surface area contributed by atoms with Gasteiger partial charge in [0, 0.05) is 0 Å². The van der Waals surface area contributed by atoms with E-state index in [9.17, 15) is 21.6 Å². The van der Waals surface area contributed by atoms with Crippen molar-refractivity contribution in [3.05, 3.63) is 0 Å². The number of hydrogen-bond acceptors (Lipinski definition) is 4. The number of halogens is 3. The highest BCUT2D eigenvalue weighted by molar-refractivity contribution is 7.87. The van der Waals surface area contributed by atoms with Crippen LogP contribution in [-0.2, 0) is 18.7 Å². The summed E-state index contributed by atoms with van der Waals surface area (Å²) in [6.45, 7) is 10.3. The molecule has 0 aliphatic rings. The first-order valence-electron chi connectivity index (χ1n) is 5.27. The first kappa shape index (κ1) is 17.9. The van der Waals surface area contributed by atoms with Crippen LogP contribution in [0.3, 0.4) is 0 Å². The van der Waals surface area contributed by atoms with Crippen molar-refractivity contribution in [2.24, 2.45) is 0 Å². The molecule has 110 valence electrons. The fourth-order valence-corrected chi connectivity index (χ4v) is 2.65. The molecule has 18 heavy (non-hydrogen) atoms. The van der Waals surface area contributed by atoms with Crippen molar-refractivity contribution < 1.29 is 30.2 Å². The van der Waals surface area contributed by atoms with E-state index in [1.165, 1.54) is 0 Å². The third kappa shape index (κ3) is 4.52. The van der Waals surface area contributed by atoms with Crippen LogP contribution in [-0.4, -0.2) is 28.5 Å². The third-order valence-corrected chi connectivity index (χ3v) is 8.44. The normalized spacial score (nSPS) is 16.7. The van der Waals surface area contributed by atoms with Crippen molar-refractivity contribution in [1.29, 1.82) is 0 Å². The Morgan fingerprint density at radius 1 is 1.11 bits per heavy atom. The summed E-state index contributed by atoms with van der Waals surface area (Å²) in [6.07, 6.45) is -1.46. The second-order valence-corrected chi connectivity index (χ2v) is 11.8. The first-order valence-corrected chi connectivity index (χ1v) is 9.59. The fraction of sp³-hybridized carbons (Fsp3) is 1.00.